The van der Waals surface area contributed by atoms with Gasteiger partial charge in [0.1, 0.15) is 22.7 Å². The van der Waals surface area contributed by atoms with E-state index in [1.165, 1.54) is 11.3 Å². The van der Waals surface area contributed by atoms with Crippen LogP contribution in [0.3, 0.4) is 0 Å². The third kappa shape index (κ3) is 3.85. The van der Waals surface area contributed by atoms with Crippen molar-refractivity contribution >= 4 is 22.9 Å². The van der Waals surface area contributed by atoms with Crippen LogP contribution in [0.15, 0.2) is 23.6 Å². The minimum absolute atomic E-state index is 0.0705. The van der Waals surface area contributed by atoms with E-state index in [1.54, 1.807) is 12.3 Å². The first-order valence-corrected chi connectivity index (χ1v) is 7.26. The lowest BCUT2D eigenvalue weighted by molar-refractivity contribution is -0.140. The fourth-order valence-corrected chi connectivity index (χ4v) is 2.65. The summed E-state index contributed by atoms with van der Waals surface area (Å²) in [6.45, 7) is 1.65. The number of hydrogen-bond acceptors (Lipinski definition) is 3. The SMILES string of the molecule is CC(Oc1ccc(F)c(C(F)(F)F)c1)c1nc(CCl)cs1. The Labute approximate surface area is 127 Å². The number of hydrogen-bond donors (Lipinski definition) is 0. The van der Waals surface area contributed by atoms with Gasteiger partial charge in [0.05, 0.1) is 17.1 Å². The summed E-state index contributed by atoms with van der Waals surface area (Å²) in [7, 11) is 0. The van der Waals surface area contributed by atoms with Gasteiger partial charge in [-0.25, -0.2) is 9.37 Å². The van der Waals surface area contributed by atoms with Crippen LogP contribution in [-0.2, 0) is 12.1 Å². The zero-order valence-electron chi connectivity index (χ0n) is 10.7. The van der Waals surface area contributed by atoms with Gasteiger partial charge in [-0.3, -0.25) is 0 Å². The highest BCUT2D eigenvalue weighted by Crippen LogP contribution is 2.34. The van der Waals surface area contributed by atoms with E-state index in [9.17, 15) is 17.6 Å². The Morgan fingerprint density at radius 3 is 2.67 bits per heavy atom. The van der Waals surface area contributed by atoms with Crippen molar-refractivity contribution in [2.75, 3.05) is 0 Å². The fourth-order valence-electron chi connectivity index (χ4n) is 1.62. The van der Waals surface area contributed by atoms with Gasteiger partial charge in [0, 0.05) is 5.38 Å². The van der Waals surface area contributed by atoms with Crippen molar-refractivity contribution in [2.45, 2.75) is 25.1 Å². The summed E-state index contributed by atoms with van der Waals surface area (Å²) in [5, 5.41) is 2.33. The molecule has 0 N–H and O–H groups in total. The van der Waals surface area contributed by atoms with Crippen molar-refractivity contribution < 1.29 is 22.3 Å². The summed E-state index contributed by atoms with van der Waals surface area (Å²) in [5.74, 6) is -1.15. The number of rotatable bonds is 4. The van der Waals surface area contributed by atoms with Gasteiger partial charge in [-0.2, -0.15) is 13.2 Å². The normalized spacial score (nSPS) is 13.2. The van der Waals surface area contributed by atoms with E-state index < -0.39 is 23.7 Å². The maximum Gasteiger partial charge on any atom is 0.419 e. The lowest BCUT2D eigenvalue weighted by atomic mass is 10.2. The summed E-state index contributed by atoms with van der Waals surface area (Å²) in [4.78, 5) is 4.18. The van der Waals surface area contributed by atoms with Gasteiger partial charge in [0.25, 0.3) is 0 Å². The van der Waals surface area contributed by atoms with Crippen molar-refractivity contribution in [3.05, 3.63) is 45.7 Å². The van der Waals surface area contributed by atoms with Crippen LogP contribution in [0, 0.1) is 5.82 Å². The van der Waals surface area contributed by atoms with Crippen LogP contribution < -0.4 is 4.74 Å². The Hall–Kier alpha value is -1.34. The van der Waals surface area contributed by atoms with Crippen molar-refractivity contribution in [3.8, 4) is 5.75 Å². The zero-order chi connectivity index (χ0) is 15.6. The van der Waals surface area contributed by atoms with Crippen molar-refractivity contribution in [1.82, 2.24) is 4.98 Å². The maximum absolute atomic E-state index is 13.2. The summed E-state index contributed by atoms with van der Waals surface area (Å²) in [5.41, 5.74) is -0.685. The van der Waals surface area contributed by atoms with Crippen LogP contribution in [0.1, 0.15) is 29.3 Å². The van der Waals surface area contributed by atoms with E-state index in [-0.39, 0.29) is 11.6 Å². The lowest BCUT2D eigenvalue weighted by Gasteiger charge is -2.14. The molecule has 0 aliphatic carbocycles. The summed E-state index contributed by atoms with van der Waals surface area (Å²) < 4.78 is 56.4. The first-order valence-electron chi connectivity index (χ1n) is 5.85. The second-order valence-electron chi connectivity index (χ2n) is 4.21. The summed E-state index contributed by atoms with van der Waals surface area (Å²) >= 11 is 6.93. The molecule has 0 fully saturated rings. The molecule has 0 saturated carbocycles. The molecule has 1 atom stereocenters. The molecule has 0 bridgehead atoms. The van der Waals surface area contributed by atoms with Crippen LogP contribution in [0.4, 0.5) is 17.6 Å². The number of alkyl halides is 4. The van der Waals surface area contributed by atoms with E-state index >= 15 is 0 Å². The quantitative estimate of drug-likeness (QED) is 0.565. The third-order valence-electron chi connectivity index (χ3n) is 2.61. The maximum atomic E-state index is 13.2. The fraction of sp³-hybridized carbons (Fsp3) is 0.308. The van der Waals surface area contributed by atoms with E-state index in [1.807, 2.05) is 0 Å². The molecule has 0 saturated heterocycles. The molecular weight excluding hydrogens is 330 g/mol. The standard InChI is InChI=1S/C13H10ClF4NOS/c1-7(12-19-8(5-14)6-21-12)20-9-2-3-11(15)10(4-9)13(16,17)18/h2-4,6-7H,5H2,1H3. The first-order chi connectivity index (χ1) is 9.81. The number of halogens is 5. The van der Waals surface area contributed by atoms with Crippen molar-refractivity contribution in [1.29, 1.82) is 0 Å². The molecule has 1 unspecified atom stereocenters. The average Bonchev–Trinajstić information content (AvgIpc) is 2.88. The topological polar surface area (TPSA) is 22.1 Å². The number of aromatic nitrogens is 1. The van der Waals surface area contributed by atoms with E-state index in [4.69, 9.17) is 16.3 Å². The Kier molecular flexibility index (Phi) is 4.73. The van der Waals surface area contributed by atoms with Crippen LogP contribution >= 0.6 is 22.9 Å². The summed E-state index contributed by atoms with van der Waals surface area (Å²) in [6, 6.07) is 2.52. The Bertz CT molecular complexity index is 629. The van der Waals surface area contributed by atoms with Gasteiger partial charge in [-0.05, 0) is 25.1 Å². The smallest absolute Gasteiger partial charge is 0.419 e. The Morgan fingerprint density at radius 2 is 2.10 bits per heavy atom. The second-order valence-corrected chi connectivity index (χ2v) is 5.37. The van der Waals surface area contributed by atoms with E-state index in [0.717, 1.165) is 12.1 Å². The van der Waals surface area contributed by atoms with Gasteiger partial charge in [-0.15, -0.1) is 22.9 Å². The molecule has 0 radical (unpaired) electrons. The first kappa shape index (κ1) is 16.0. The van der Waals surface area contributed by atoms with Gasteiger partial charge < -0.3 is 4.74 Å². The van der Waals surface area contributed by atoms with Gasteiger partial charge >= 0.3 is 6.18 Å². The lowest BCUT2D eigenvalue weighted by Crippen LogP contribution is -2.09. The number of ether oxygens (including phenoxy) is 1. The van der Waals surface area contributed by atoms with Gasteiger partial charge in [0.15, 0.2) is 0 Å². The molecule has 2 rings (SSSR count). The highest BCUT2D eigenvalue weighted by atomic mass is 35.5. The largest absolute Gasteiger partial charge is 0.484 e. The predicted octanol–water partition coefficient (Wildman–Crippen LogP) is 5.18. The number of thiazole rings is 1. The molecule has 2 aromatic rings. The van der Waals surface area contributed by atoms with Crippen LogP contribution in [0.2, 0.25) is 0 Å². The molecular formula is C13H10ClF4NOS. The third-order valence-corrected chi connectivity index (χ3v) is 3.94. The van der Waals surface area contributed by atoms with Gasteiger partial charge in [-0.1, -0.05) is 0 Å². The Balaban J connectivity index is 2.19. The molecule has 0 aliphatic heterocycles. The highest BCUT2D eigenvalue weighted by molar-refractivity contribution is 7.09. The molecule has 114 valence electrons. The molecule has 0 aliphatic rings. The van der Waals surface area contributed by atoms with Crippen molar-refractivity contribution in [3.63, 3.8) is 0 Å². The van der Waals surface area contributed by atoms with E-state index in [0.29, 0.717) is 16.8 Å². The second kappa shape index (κ2) is 6.19. The van der Waals surface area contributed by atoms with Crippen LogP contribution in [0.25, 0.3) is 0 Å². The van der Waals surface area contributed by atoms with Crippen LogP contribution in [-0.4, -0.2) is 4.98 Å². The minimum Gasteiger partial charge on any atom is -0.484 e. The monoisotopic (exact) mass is 339 g/mol. The molecule has 8 heteroatoms. The molecule has 0 amide bonds. The van der Waals surface area contributed by atoms with E-state index in [2.05, 4.69) is 4.98 Å². The molecule has 1 aromatic carbocycles. The highest BCUT2D eigenvalue weighted by Gasteiger charge is 2.34. The minimum atomic E-state index is -4.76. The number of benzene rings is 1. The molecule has 21 heavy (non-hydrogen) atoms. The molecule has 2 nitrogen and oxygen atoms in total. The predicted molar refractivity (Wildman–Crippen MR) is 72.1 cm³/mol. The average molecular weight is 340 g/mol. The molecule has 1 heterocycles. The Morgan fingerprint density at radius 1 is 1.38 bits per heavy atom. The molecule has 0 spiro atoms. The van der Waals surface area contributed by atoms with Gasteiger partial charge in [0.2, 0.25) is 0 Å². The van der Waals surface area contributed by atoms with Crippen LogP contribution in [0.5, 0.6) is 5.75 Å². The summed E-state index contributed by atoms with van der Waals surface area (Å²) in [6.07, 6.45) is -5.32. The number of nitrogens with zero attached hydrogens (tertiary/aromatic N) is 1. The zero-order valence-corrected chi connectivity index (χ0v) is 12.3. The molecule has 1 aromatic heterocycles. The van der Waals surface area contributed by atoms with Crippen molar-refractivity contribution in [2.24, 2.45) is 0 Å².